The zero-order chi connectivity index (χ0) is 14.7. The van der Waals surface area contributed by atoms with E-state index in [4.69, 9.17) is 4.74 Å². The number of aryl methyl sites for hydroxylation is 1. The minimum atomic E-state index is 0. The maximum Gasteiger partial charge on any atom is 0.123 e. The third-order valence-electron chi connectivity index (χ3n) is 4.79. The highest BCUT2D eigenvalue weighted by atomic mass is 35.5. The summed E-state index contributed by atoms with van der Waals surface area (Å²) in [6.07, 6.45) is 1.31. The number of hydrogen-bond donors (Lipinski definition) is 1. The quantitative estimate of drug-likeness (QED) is 0.915. The predicted octanol–water partition coefficient (Wildman–Crippen LogP) is 1.90. The molecular formula is C17H28ClN3O. The number of benzene rings is 1. The number of rotatable bonds is 4. The van der Waals surface area contributed by atoms with Crippen molar-refractivity contribution in [3.63, 3.8) is 0 Å². The summed E-state index contributed by atoms with van der Waals surface area (Å²) in [5.41, 5.74) is 2.62. The number of nitrogens with zero attached hydrogens (tertiary/aromatic N) is 2. The van der Waals surface area contributed by atoms with Gasteiger partial charge in [0.25, 0.3) is 0 Å². The molecule has 22 heavy (non-hydrogen) atoms. The van der Waals surface area contributed by atoms with E-state index in [1.807, 2.05) is 0 Å². The van der Waals surface area contributed by atoms with Gasteiger partial charge in [0.1, 0.15) is 5.75 Å². The van der Waals surface area contributed by atoms with Crippen molar-refractivity contribution in [1.82, 2.24) is 15.1 Å². The fraction of sp³-hybridized carbons (Fsp3) is 0.647. The lowest BCUT2D eigenvalue weighted by Crippen LogP contribution is -2.50. The first-order valence-corrected chi connectivity index (χ1v) is 8.07. The van der Waals surface area contributed by atoms with Crippen LogP contribution in [0.5, 0.6) is 5.75 Å². The molecule has 0 saturated carbocycles. The van der Waals surface area contributed by atoms with E-state index in [0.717, 1.165) is 31.4 Å². The predicted molar refractivity (Wildman–Crippen MR) is 93.1 cm³/mol. The van der Waals surface area contributed by atoms with Gasteiger partial charge in [0.2, 0.25) is 0 Å². The molecule has 0 aliphatic carbocycles. The summed E-state index contributed by atoms with van der Waals surface area (Å²) >= 11 is 0. The Balaban J connectivity index is 0.00000176. The lowest BCUT2D eigenvalue weighted by Gasteiger charge is -2.38. The van der Waals surface area contributed by atoms with Crippen LogP contribution in [0.1, 0.15) is 17.5 Å². The Bertz CT molecular complexity index is 469. The molecule has 0 spiro atoms. The Hall–Kier alpha value is -0.810. The molecule has 2 aliphatic heterocycles. The van der Waals surface area contributed by atoms with Crippen molar-refractivity contribution in [1.29, 1.82) is 0 Å². The van der Waals surface area contributed by atoms with Gasteiger partial charge in [-0.05, 0) is 26.0 Å². The van der Waals surface area contributed by atoms with Crippen molar-refractivity contribution >= 4 is 12.4 Å². The molecular weight excluding hydrogens is 298 g/mol. The molecule has 0 bridgehead atoms. The molecule has 5 heteroatoms. The summed E-state index contributed by atoms with van der Waals surface area (Å²) in [7, 11) is 1.76. The standard InChI is InChI=1S/C17H27N3O.ClH/c1-14-3-4-17(21-2)15(11-14)13-19-7-9-20(10-8-19)16-5-6-18-12-16;/h3-4,11,16,18H,5-10,12-13H2,1-2H3;1H. The number of methoxy groups -OCH3 is 1. The molecule has 0 aromatic heterocycles. The molecule has 3 rings (SSSR count). The van der Waals surface area contributed by atoms with Crippen LogP contribution >= 0.6 is 12.4 Å². The van der Waals surface area contributed by atoms with E-state index in [9.17, 15) is 0 Å². The van der Waals surface area contributed by atoms with Gasteiger partial charge in [0.15, 0.2) is 0 Å². The summed E-state index contributed by atoms with van der Waals surface area (Å²) in [5.74, 6) is 1.02. The number of nitrogens with one attached hydrogen (secondary N) is 1. The van der Waals surface area contributed by atoms with Gasteiger partial charge in [-0.25, -0.2) is 0 Å². The van der Waals surface area contributed by atoms with Crippen LogP contribution in [0.4, 0.5) is 0 Å². The topological polar surface area (TPSA) is 27.7 Å². The Morgan fingerprint density at radius 2 is 2.00 bits per heavy atom. The summed E-state index contributed by atoms with van der Waals surface area (Å²) < 4.78 is 5.50. The smallest absolute Gasteiger partial charge is 0.123 e. The van der Waals surface area contributed by atoms with Gasteiger partial charge in [0.05, 0.1) is 7.11 Å². The Labute approximate surface area is 140 Å². The monoisotopic (exact) mass is 325 g/mol. The van der Waals surface area contributed by atoms with Crippen molar-refractivity contribution in [3.05, 3.63) is 29.3 Å². The molecule has 2 saturated heterocycles. The van der Waals surface area contributed by atoms with Crippen LogP contribution in [-0.4, -0.2) is 62.2 Å². The first-order chi connectivity index (χ1) is 10.3. The van der Waals surface area contributed by atoms with Crippen molar-refractivity contribution in [2.75, 3.05) is 46.4 Å². The Morgan fingerprint density at radius 3 is 2.64 bits per heavy atom. The molecule has 2 heterocycles. The molecule has 0 amide bonds. The third kappa shape index (κ3) is 4.13. The Kier molecular flexibility index (Phi) is 6.50. The minimum absolute atomic E-state index is 0. The van der Waals surface area contributed by atoms with Gasteiger partial charge >= 0.3 is 0 Å². The van der Waals surface area contributed by atoms with Crippen molar-refractivity contribution < 1.29 is 4.74 Å². The molecule has 2 fully saturated rings. The second-order valence-electron chi connectivity index (χ2n) is 6.27. The normalized spacial score (nSPS) is 23.3. The highest BCUT2D eigenvalue weighted by Gasteiger charge is 2.26. The first kappa shape index (κ1) is 17.5. The first-order valence-electron chi connectivity index (χ1n) is 8.07. The molecule has 1 unspecified atom stereocenters. The van der Waals surface area contributed by atoms with E-state index in [1.165, 1.54) is 43.7 Å². The maximum absolute atomic E-state index is 5.50. The fourth-order valence-corrected chi connectivity index (χ4v) is 3.51. The van der Waals surface area contributed by atoms with Crippen LogP contribution in [0.15, 0.2) is 18.2 Å². The number of piperazine rings is 1. The van der Waals surface area contributed by atoms with Crippen LogP contribution in [0.25, 0.3) is 0 Å². The summed E-state index contributed by atoms with van der Waals surface area (Å²) in [6, 6.07) is 7.23. The van der Waals surface area contributed by atoms with Crippen molar-refractivity contribution in [3.8, 4) is 5.75 Å². The minimum Gasteiger partial charge on any atom is -0.496 e. The number of hydrogen-bond acceptors (Lipinski definition) is 4. The van der Waals surface area contributed by atoms with Crippen LogP contribution in [0.2, 0.25) is 0 Å². The van der Waals surface area contributed by atoms with Crippen LogP contribution in [0.3, 0.4) is 0 Å². The lowest BCUT2D eigenvalue weighted by molar-refractivity contribution is 0.0976. The molecule has 1 N–H and O–H groups in total. The number of halogens is 1. The molecule has 1 atom stereocenters. The van der Waals surface area contributed by atoms with E-state index in [-0.39, 0.29) is 12.4 Å². The zero-order valence-corrected chi connectivity index (χ0v) is 14.5. The highest BCUT2D eigenvalue weighted by molar-refractivity contribution is 5.85. The van der Waals surface area contributed by atoms with E-state index in [1.54, 1.807) is 7.11 Å². The van der Waals surface area contributed by atoms with Gasteiger partial charge in [-0.3, -0.25) is 9.80 Å². The van der Waals surface area contributed by atoms with E-state index in [2.05, 4.69) is 40.2 Å². The highest BCUT2D eigenvalue weighted by Crippen LogP contribution is 2.22. The second kappa shape index (κ2) is 8.16. The Morgan fingerprint density at radius 1 is 1.23 bits per heavy atom. The lowest BCUT2D eigenvalue weighted by atomic mass is 10.1. The van der Waals surface area contributed by atoms with E-state index < -0.39 is 0 Å². The third-order valence-corrected chi connectivity index (χ3v) is 4.79. The summed E-state index contributed by atoms with van der Waals surface area (Å²) in [4.78, 5) is 5.21. The van der Waals surface area contributed by atoms with Crippen molar-refractivity contribution in [2.45, 2.75) is 25.9 Å². The van der Waals surface area contributed by atoms with Crippen LogP contribution in [-0.2, 0) is 6.54 Å². The largest absolute Gasteiger partial charge is 0.496 e. The van der Waals surface area contributed by atoms with Gasteiger partial charge in [-0.2, -0.15) is 0 Å². The second-order valence-corrected chi connectivity index (χ2v) is 6.27. The zero-order valence-electron chi connectivity index (χ0n) is 13.7. The van der Waals surface area contributed by atoms with Crippen LogP contribution in [0, 0.1) is 6.92 Å². The van der Waals surface area contributed by atoms with Crippen molar-refractivity contribution in [2.24, 2.45) is 0 Å². The molecule has 1 aromatic rings. The SMILES string of the molecule is COc1ccc(C)cc1CN1CCN(C2CCNC2)CC1.Cl. The van der Waals surface area contributed by atoms with Gasteiger partial charge in [0, 0.05) is 50.9 Å². The molecule has 0 radical (unpaired) electrons. The molecule has 4 nitrogen and oxygen atoms in total. The molecule has 2 aliphatic rings. The van der Waals surface area contributed by atoms with Gasteiger partial charge in [-0.1, -0.05) is 17.7 Å². The van der Waals surface area contributed by atoms with E-state index >= 15 is 0 Å². The average molecular weight is 326 g/mol. The summed E-state index contributed by atoms with van der Waals surface area (Å²) in [5, 5.41) is 3.47. The van der Waals surface area contributed by atoms with Gasteiger partial charge < -0.3 is 10.1 Å². The molecule has 1 aromatic carbocycles. The average Bonchev–Trinajstić information content (AvgIpc) is 3.03. The van der Waals surface area contributed by atoms with E-state index in [0.29, 0.717) is 0 Å². The van der Waals surface area contributed by atoms with Crippen LogP contribution < -0.4 is 10.1 Å². The van der Waals surface area contributed by atoms with Gasteiger partial charge in [-0.15, -0.1) is 12.4 Å². The summed E-state index contributed by atoms with van der Waals surface area (Å²) in [6.45, 7) is 10.2. The number of ether oxygens (including phenoxy) is 1. The molecule has 124 valence electrons. The maximum atomic E-state index is 5.50. The fourth-order valence-electron chi connectivity index (χ4n) is 3.51.